The highest BCUT2D eigenvalue weighted by molar-refractivity contribution is 5.80. The number of aromatic nitrogens is 2. The molecular formula is C23H23N3O4. The van der Waals surface area contributed by atoms with Gasteiger partial charge < -0.3 is 19.5 Å². The van der Waals surface area contributed by atoms with E-state index in [1.165, 1.54) is 0 Å². The Balaban J connectivity index is 1.29. The fourth-order valence-electron chi connectivity index (χ4n) is 3.98. The van der Waals surface area contributed by atoms with Crippen LogP contribution < -0.4 is 14.8 Å². The zero-order chi connectivity index (χ0) is 20.5. The van der Waals surface area contributed by atoms with Gasteiger partial charge in [-0.1, -0.05) is 24.3 Å². The van der Waals surface area contributed by atoms with Gasteiger partial charge in [-0.3, -0.25) is 4.79 Å². The quantitative estimate of drug-likeness (QED) is 0.703. The third-order valence-corrected chi connectivity index (χ3v) is 5.64. The van der Waals surface area contributed by atoms with Crippen LogP contribution in [-0.2, 0) is 9.53 Å². The van der Waals surface area contributed by atoms with Gasteiger partial charge in [0.15, 0.2) is 11.5 Å². The predicted octanol–water partition coefficient (Wildman–Crippen LogP) is 3.56. The van der Waals surface area contributed by atoms with Crippen LogP contribution in [0.25, 0.3) is 5.69 Å². The normalized spacial score (nSPS) is 20.8. The fraction of sp³-hybridized carbons (Fsp3) is 0.304. The third-order valence-electron chi connectivity index (χ3n) is 5.64. The maximum Gasteiger partial charge on any atom is 0.231 e. The van der Waals surface area contributed by atoms with Gasteiger partial charge in [0.05, 0.1) is 29.9 Å². The second-order valence-corrected chi connectivity index (χ2v) is 7.58. The average Bonchev–Trinajstić information content (AvgIpc) is 3.53. The minimum atomic E-state index is -0.300. The highest BCUT2D eigenvalue weighted by Gasteiger charge is 2.36. The van der Waals surface area contributed by atoms with Crippen molar-refractivity contribution in [2.75, 3.05) is 13.4 Å². The summed E-state index contributed by atoms with van der Waals surface area (Å²) in [6, 6.07) is 15.5. The lowest BCUT2D eigenvalue weighted by molar-refractivity contribution is -0.127. The van der Waals surface area contributed by atoms with Crippen molar-refractivity contribution in [2.24, 2.45) is 5.92 Å². The smallest absolute Gasteiger partial charge is 0.231 e. The molecule has 2 aromatic carbocycles. The molecule has 7 heteroatoms. The minimum absolute atomic E-state index is 0.0184. The standard InChI is InChI=1S/C23H23N3O4/c1-15(16-7-8-20-21(11-16)30-14-29-20)25-23(27)19-9-10-28-22(19)17-12-24-26(13-17)18-5-3-2-4-6-18/h2-8,11-13,15,19,22H,9-10,14H2,1H3,(H,25,27)/t15?,19-,22+/m0/s1. The first-order valence-electron chi connectivity index (χ1n) is 10.1. The molecule has 3 atom stereocenters. The second-order valence-electron chi connectivity index (χ2n) is 7.58. The number of hydrogen-bond donors (Lipinski definition) is 1. The Morgan fingerprint density at radius 2 is 2.00 bits per heavy atom. The van der Waals surface area contributed by atoms with Gasteiger partial charge in [0.2, 0.25) is 12.7 Å². The van der Waals surface area contributed by atoms with Gasteiger partial charge >= 0.3 is 0 Å². The van der Waals surface area contributed by atoms with Gasteiger partial charge in [-0.15, -0.1) is 0 Å². The van der Waals surface area contributed by atoms with E-state index >= 15 is 0 Å². The van der Waals surface area contributed by atoms with Gasteiger partial charge in [-0.2, -0.15) is 5.10 Å². The van der Waals surface area contributed by atoms with E-state index in [4.69, 9.17) is 14.2 Å². The van der Waals surface area contributed by atoms with Gasteiger partial charge in [-0.05, 0) is 43.2 Å². The SMILES string of the molecule is CC(NC(=O)[C@H]1CCO[C@@H]1c1cnn(-c2ccccc2)c1)c1ccc2c(c1)OCO2. The zero-order valence-corrected chi connectivity index (χ0v) is 16.7. The van der Waals surface area contributed by atoms with Crippen LogP contribution in [0.4, 0.5) is 0 Å². The molecule has 0 saturated carbocycles. The van der Waals surface area contributed by atoms with E-state index in [2.05, 4.69) is 10.4 Å². The number of ether oxygens (including phenoxy) is 3. The van der Waals surface area contributed by atoms with Crippen molar-refractivity contribution in [3.05, 3.63) is 72.1 Å². The van der Waals surface area contributed by atoms with E-state index in [-0.39, 0.29) is 30.8 Å². The van der Waals surface area contributed by atoms with Crippen LogP contribution in [0.1, 0.15) is 36.6 Å². The largest absolute Gasteiger partial charge is 0.454 e. The average molecular weight is 405 g/mol. The van der Waals surface area contributed by atoms with Crippen LogP contribution >= 0.6 is 0 Å². The van der Waals surface area contributed by atoms with Crippen molar-refractivity contribution in [2.45, 2.75) is 25.5 Å². The number of carbonyl (C=O) groups is 1. The Bertz CT molecular complexity index is 1050. The van der Waals surface area contributed by atoms with E-state index < -0.39 is 0 Å². The third kappa shape index (κ3) is 3.52. The van der Waals surface area contributed by atoms with E-state index in [1.807, 2.05) is 61.7 Å². The molecule has 0 spiro atoms. The topological polar surface area (TPSA) is 74.6 Å². The van der Waals surface area contributed by atoms with Crippen molar-refractivity contribution in [3.63, 3.8) is 0 Å². The summed E-state index contributed by atoms with van der Waals surface area (Å²) in [6.07, 6.45) is 4.10. The highest BCUT2D eigenvalue weighted by atomic mass is 16.7. The number of benzene rings is 2. The van der Waals surface area contributed by atoms with Gasteiger partial charge in [0, 0.05) is 18.4 Å². The first-order chi connectivity index (χ1) is 14.7. The van der Waals surface area contributed by atoms with E-state index in [0.29, 0.717) is 18.8 Å². The monoisotopic (exact) mass is 405 g/mol. The van der Waals surface area contributed by atoms with Crippen molar-refractivity contribution < 1.29 is 19.0 Å². The number of hydrogen-bond acceptors (Lipinski definition) is 5. The molecule has 1 amide bonds. The first kappa shape index (κ1) is 18.7. The Morgan fingerprint density at radius 3 is 2.87 bits per heavy atom. The van der Waals surface area contributed by atoms with Crippen molar-refractivity contribution in [1.82, 2.24) is 15.1 Å². The second kappa shape index (κ2) is 7.84. The molecular weight excluding hydrogens is 382 g/mol. The lowest BCUT2D eigenvalue weighted by atomic mass is 9.95. The summed E-state index contributed by atoms with van der Waals surface area (Å²) in [7, 11) is 0. The molecule has 154 valence electrons. The van der Waals surface area contributed by atoms with Crippen LogP contribution in [0.2, 0.25) is 0 Å². The molecule has 7 nitrogen and oxygen atoms in total. The summed E-state index contributed by atoms with van der Waals surface area (Å²) in [5.74, 6) is 1.17. The molecule has 0 bridgehead atoms. The molecule has 2 aliphatic rings. The van der Waals surface area contributed by atoms with Crippen LogP contribution in [0.3, 0.4) is 0 Å². The lowest BCUT2D eigenvalue weighted by Gasteiger charge is -2.21. The summed E-state index contributed by atoms with van der Waals surface area (Å²) in [5, 5.41) is 7.57. The van der Waals surface area contributed by atoms with Crippen LogP contribution in [0.15, 0.2) is 60.9 Å². The molecule has 1 unspecified atom stereocenters. The number of para-hydroxylation sites is 1. The number of nitrogens with one attached hydrogen (secondary N) is 1. The van der Waals surface area contributed by atoms with Crippen molar-refractivity contribution in [1.29, 1.82) is 0 Å². The van der Waals surface area contributed by atoms with Crippen LogP contribution in [-0.4, -0.2) is 29.1 Å². The molecule has 30 heavy (non-hydrogen) atoms. The van der Waals surface area contributed by atoms with Crippen LogP contribution in [0, 0.1) is 5.92 Å². The number of nitrogens with zero attached hydrogens (tertiary/aromatic N) is 2. The number of amides is 1. The van der Waals surface area contributed by atoms with E-state index in [9.17, 15) is 4.79 Å². The maximum absolute atomic E-state index is 13.0. The fourth-order valence-corrected chi connectivity index (χ4v) is 3.98. The van der Waals surface area contributed by atoms with Gasteiger partial charge in [0.25, 0.3) is 0 Å². The molecule has 1 aromatic heterocycles. The van der Waals surface area contributed by atoms with Gasteiger partial charge in [-0.25, -0.2) is 4.68 Å². The summed E-state index contributed by atoms with van der Waals surface area (Å²) < 4.78 is 18.5. The van der Waals surface area contributed by atoms with Crippen molar-refractivity contribution >= 4 is 5.91 Å². The first-order valence-corrected chi connectivity index (χ1v) is 10.1. The molecule has 1 fully saturated rings. The molecule has 5 rings (SSSR count). The predicted molar refractivity (Wildman–Crippen MR) is 109 cm³/mol. The molecule has 1 N–H and O–H groups in total. The zero-order valence-electron chi connectivity index (χ0n) is 16.7. The Hall–Kier alpha value is -3.32. The number of carbonyl (C=O) groups excluding carboxylic acids is 1. The lowest BCUT2D eigenvalue weighted by Crippen LogP contribution is -2.34. The minimum Gasteiger partial charge on any atom is -0.454 e. The maximum atomic E-state index is 13.0. The summed E-state index contributed by atoms with van der Waals surface area (Å²) in [5.41, 5.74) is 2.85. The van der Waals surface area contributed by atoms with Crippen LogP contribution in [0.5, 0.6) is 11.5 Å². The Morgan fingerprint density at radius 1 is 1.17 bits per heavy atom. The molecule has 0 aliphatic carbocycles. The Labute approximate surface area is 174 Å². The van der Waals surface area contributed by atoms with E-state index in [0.717, 1.165) is 22.6 Å². The van der Waals surface area contributed by atoms with Gasteiger partial charge in [0.1, 0.15) is 0 Å². The highest BCUT2D eigenvalue weighted by Crippen LogP contribution is 2.36. The Kier molecular flexibility index (Phi) is 4.88. The molecule has 3 heterocycles. The van der Waals surface area contributed by atoms with Crippen molar-refractivity contribution in [3.8, 4) is 17.2 Å². The summed E-state index contributed by atoms with van der Waals surface area (Å²) >= 11 is 0. The number of rotatable bonds is 5. The van der Waals surface area contributed by atoms with E-state index in [1.54, 1.807) is 10.9 Å². The summed E-state index contributed by atoms with van der Waals surface area (Å²) in [4.78, 5) is 13.0. The molecule has 1 saturated heterocycles. The summed E-state index contributed by atoms with van der Waals surface area (Å²) in [6.45, 7) is 2.75. The molecule has 3 aromatic rings. The number of fused-ring (bicyclic) bond motifs is 1. The molecule has 0 radical (unpaired) electrons. The molecule has 2 aliphatic heterocycles.